The lowest BCUT2D eigenvalue weighted by molar-refractivity contribution is 0.0680. The van der Waals surface area contributed by atoms with Crippen LogP contribution in [0, 0.1) is 11.8 Å². The van der Waals surface area contributed by atoms with Gasteiger partial charge in [-0.05, 0) is 43.7 Å². The number of nitrogens with two attached hydrogens (primary N) is 1. The van der Waals surface area contributed by atoms with Crippen LogP contribution in [-0.4, -0.2) is 43.7 Å². The van der Waals surface area contributed by atoms with E-state index in [4.69, 9.17) is 26.8 Å². The van der Waals surface area contributed by atoms with Crippen molar-refractivity contribution in [2.24, 2.45) is 17.6 Å². The molecule has 0 saturated carbocycles. The standard InChI is InChI=1S/C19H29ClN2O3.ClH/c1-12(2)11-25-18-16(20)9-15(10-17(18)24-4)19(23)22-7-5-14(6-8-22)13(3)21;/h9-10,12-14H,5-8,11,21H2,1-4H3;1H. The highest BCUT2D eigenvalue weighted by Crippen LogP contribution is 2.37. The summed E-state index contributed by atoms with van der Waals surface area (Å²) in [5.74, 6) is 1.80. The Morgan fingerprint density at radius 3 is 2.42 bits per heavy atom. The first-order chi connectivity index (χ1) is 11.8. The molecule has 2 N–H and O–H groups in total. The summed E-state index contributed by atoms with van der Waals surface area (Å²) in [4.78, 5) is 14.7. The smallest absolute Gasteiger partial charge is 0.254 e. The predicted molar refractivity (Wildman–Crippen MR) is 108 cm³/mol. The predicted octanol–water partition coefficient (Wildman–Crippen LogP) is 4.00. The van der Waals surface area contributed by atoms with E-state index in [0.717, 1.165) is 25.9 Å². The number of piperidine rings is 1. The maximum Gasteiger partial charge on any atom is 0.254 e. The lowest BCUT2D eigenvalue weighted by atomic mass is 9.90. The van der Waals surface area contributed by atoms with Gasteiger partial charge in [0.05, 0.1) is 18.7 Å². The van der Waals surface area contributed by atoms with Crippen molar-refractivity contribution in [2.45, 2.75) is 39.7 Å². The SMILES string of the molecule is COc1cc(C(=O)N2CCC(C(C)N)CC2)cc(Cl)c1OCC(C)C.Cl. The van der Waals surface area contributed by atoms with Gasteiger partial charge in [0.25, 0.3) is 5.91 Å². The molecule has 1 saturated heterocycles. The van der Waals surface area contributed by atoms with Gasteiger partial charge < -0.3 is 20.1 Å². The van der Waals surface area contributed by atoms with Crippen molar-refractivity contribution in [1.82, 2.24) is 4.90 Å². The minimum Gasteiger partial charge on any atom is -0.493 e. The first-order valence-corrected chi connectivity index (χ1v) is 9.26. The van der Waals surface area contributed by atoms with Crippen molar-refractivity contribution < 1.29 is 14.3 Å². The summed E-state index contributed by atoms with van der Waals surface area (Å²) in [6.07, 6.45) is 1.87. The molecule has 0 aliphatic carbocycles. The van der Waals surface area contributed by atoms with Gasteiger partial charge in [-0.3, -0.25) is 4.79 Å². The van der Waals surface area contributed by atoms with E-state index in [-0.39, 0.29) is 24.4 Å². The van der Waals surface area contributed by atoms with Gasteiger partial charge >= 0.3 is 0 Å². The highest BCUT2D eigenvalue weighted by Gasteiger charge is 2.26. The molecule has 5 nitrogen and oxygen atoms in total. The van der Waals surface area contributed by atoms with Gasteiger partial charge in [0.1, 0.15) is 0 Å². The van der Waals surface area contributed by atoms with Gasteiger partial charge in [-0.15, -0.1) is 12.4 Å². The number of nitrogens with zero attached hydrogens (tertiary/aromatic N) is 1. The highest BCUT2D eigenvalue weighted by atomic mass is 35.5. The first kappa shape index (κ1) is 22.9. The topological polar surface area (TPSA) is 64.8 Å². The largest absolute Gasteiger partial charge is 0.493 e. The van der Waals surface area contributed by atoms with Crippen LogP contribution in [0.5, 0.6) is 11.5 Å². The van der Waals surface area contributed by atoms with Crippen molar-refractivity contribution in [2.75, 3.05) is 26.8 Å². The summed E-state index contributed by atoms with van der Waals surface area (Å²) in [5, 5.41) is 0.397. The van der Waals surface area contributed by atoms with E-state index in [0.29, 0.717) is 40.5 Å². The summed E-state index contributed by atoms with van der Waals surface area (Å²) in [7, 11) is 1.55. The number of benzene rings is 1. The summed E-state index contributed by atoms with van der Waals surface area (Å²) in [6, 6.07) is 3.55. The zero-order valence-corrected chi connectivity index (χ0v) is 17.5. The third kappa shape index (κ3) is 5.66. The van der Waals surface area contributed by atoms with Crippen LogP contribution in [0.1, 0.15) is 44.0 Å². The minimum absolute atomic E-state index is 0. The Kier molecular flexibility index (Phi) is 9.01. The van der Waals surface area contributed by atoms with E-state index in [9.17, 15) is 4.79 Å². The van der Waals surface area contributed by atoms with E-state index in [1.807, 2.05) is 11.8 Å². The minimum atomic E-state index is -0.0289. The molecule has 1 amide bonds. The number of carbonyl (C=O) groups is 1. The average Bonchev–Trinajstić information content (AvgIpc) is 2.59. The van der Waals surface area contributed by atoms with Crippen molar-refractivity contribution in [1.29, 1.82) is 0 Å². The van der Waals surface area contributed by atoms with Gasteiger partial charge in [-0.25, -0.2) is 0 Å². The van der Waals surface area contributed by atoms with Crippen LogP contribution < -0.4 is 15.2 Å². The molecule has 0 radical (unpaired) electrons. The van der Waals surface area contributed by atoms with Crippen molar-refractivity contribution in [3.8, 4) is 11.5 Å². The van der Waals surface area contributed by atoms with Crippen molar-refractivity contribution in [3.05, 3.63) is 22.7 Å². The molecule has 1 aromatic carbocycles. The zero-order valence-electron chi connectivity index (χ0n) is 16.0. The molecule has 1 unspecified atom stereocenters. The Balaban J connectivity index is 0.00000338. The zero-order chi connectivity index (χ0) is 18.6. The number of ether oxygens (including phenoxy) is 2. The molecule has 0 bridgehead atoms. The molecule has 148 valence electrons. The van der Waals surface area contributed by atoms with E-state index in [1.165, 1.54) is 0 Å². The number of carbonyl (C=O) groups excluding carboxylic acids is 1. The Morgan fingerprint density at radius 1 is 1.31 bits per heavy atom. The van der Waals surface area contributed by atoms with Crippen LogP contribution in [0.4, 0.5) is 0 Å². The second kappa shape index (κ2) is 10.2. The Bertz CT molecular complexity index is 601. The summed E-state index contributed by atoms with van der Waals surface area (Å²) in [6.45, 7) is 8.12. The van der Waals surface area contributed by atoms with Gasteiger partial charge in [0.15, 0.2) is 11.5 Å². The molecule has 1 aliphatic rings. The number of methoxy groups -OCH3 is 1. The van der Waals surface area contributed by atoms with Crippen LogP contribution in [0.2, 0.25) is 5.02 Å². The summed E-state index contributed by atoms with van der Waals surface area (Å²) >= 11 is 6.35. The number of amides is 1. The molecule has 1 fully saturated rings. The maximum absolute atomic E-state index is 12.8. The highest BCUT2D eigenvalue weighted by molar-refractivity contribution is 6.32. The van der Waals surface area contributed by atoms with E-state index in [1.54, 1.807) is 19.2 Å². The average molecular weight is 405 g/mol. The molecule has 1 atom stereocenters. The third-order valence-electron chi connectivity index (χ3n) is 4.61. The summed E-state index contributed by atoms with van der Waals surface area (Å²) < 4.78 is 11.1. The van der Waals surface area contributed by atoms with Crippen molar-refractivity contribution >= 4 is 29.9 Å². The van der Waals surface area contributed by atoms with Gasteiger partial charge in [0, 0.05) is 24.7 Å². The molecular formula is C19H30Cl2N2O3. The normalized spacial score (nSPS) is 16.2. The Hall–Kier alpha value is -1.17. The molecule has 1 aromatic rings. The van der Waals surface area contributed by atoms with Crippen molar-refractivity contribution in [3.63, 3.8) is 0 Å². The molecule has 1 aliphatic heterocycles. The molecule has 1 heterocycles. The number of hydrogen-bond donors (Lipinski definition) is 1. The lowest BCUT2D eigenvalue weighted by Gasteiger charge is -2.33. The number of rotatable bonds is 6. The van der Waals surface area contributed by atoms with Crippen LogP contribution >= 0.6 is 24.0 Å². The third-order valence-corrected chi connectivity index (χ3v) is 4.89. The fraction of sp³-hybridized carbons (Fsp3) is 0.632. The van der Waals surface area contributed by atoms with E-state index < -0.39 is 0 Å². The number of halogens is 2. The van der Waals surface area contributed by atoms with Gasteiger partial charge in [0.2, 0.25) is 0 Å². The Morgan fingerprint density at radius 2 is 1.92 bits per heavy atom. The number of likely N-dealkylation sites (tertiary alicyclic amines) is 1. The molecule has 26 heavy (non-hydrogen) atoms. The fourth-order valence-corrected chi connectivity index (χ4v) is 3.31. The second-order valence-electron chi connectivity index (χ2n) is 7.18. The number of hydrogen-bond acceptors (Lipinski definition) is 4. The molecule has 7 heteroatoms. The van der Waals surface area contributed by atoms with Gasteiger partial charge in [-0.1, -0.05) is 25.4 Å². The van der Waals surface area contributed by atoms with E-state index >= 15 is 0 Å². The van der Waals surface area contributed by atoms with Crippen LogP contribution in [0.25, 0.3) is 0 Å². The maximum atomic E-state index is 12.8. The lowest BCUT2D eigenvalue weighted by Crippen LogP contribution is -2.42. The monoisotopic (exact) mass is 404 g/mol. The molecule has 0 spiro atoms. The van der Waals surface area contributed by atoms with Crippen LogP contribution in [0.3, 0.4) is 0 Å². The molecule has 0 aromatic heterocycles. The fourth-order valence-electron chi connectivity index (χ4n) is 3.04. The Labute approximate surface area is 167 Å². The van der Waals surface area contributed by atoms with E-state index in [2.05, 4.69) is 13.8 Å². The van der Waals surface area contributed by atoms with Crippen LogP contribution in [0.15, 0.2) is 12.1 Å². The van der Waals surface area contributed by atoms with Gasteiger partial charge in [-0.2, -0.15) is 0 Å². The molecular weight excluding hydrogens is 375 g/mol. The second-order valence-corrected chi connectivity index (χ2v) is 7.59. The quantitative estimate of drug-likeness (QED) is 0.777. The summed E-state index contributed by atoms with van der Waals surface area (Å²) in [5.41, 5.74) is 6.50. The molecule has 2 rings (SSSR count). The van der Waals surface area contributed by atoms with Crippen LogP contribution in [-0.2, 0) is 0 Å². The first-order valence-electron chi connectivity index (χ1n) is 8.88.